The summed E-state index contributed by atoms with van der Waals surface area (Å²) in [5, 5.41) is 0. The molecule has 0 aliphatic heterocycles. The average molecular weight is 335 g/mol. The third-order valence-corrected chi connectivity index (χ3v) is 2.21. The van der Waals surface area contributed by atoms with Gasteiger partial charge in [-0.05, 0) is 24.3 Å². The fraction of sp³-hybridized carbons (Fsp3) is 0. The summed E-state index contributed by atoms with van der Waals surface area (Å²) < 4.78 is 0.194. The predicted molar refractivity (Wildman–Crippen MR) is 89.5 cm³/mol. The van der Waals surface area contributed by atoms with E-state index in [0.717, 1.165) is 0 Å². The number of carbonyl (C=O) groups is 2. The molecule has 0 unspecified atom stereocenters. The maximum absolute atomic E-state index is 11.5. The number of thiocarbonyl (C=S) groups is 1. The van der Waals surface area contributed by atoms with Crippen LogP contribution in [-0.2, 0) is 9.78 Å². The van der Waals surface area contributed by atoms with E-state index < -0.39 is 11.9 Å². The zero-order chi connectivity index (χ0) is 16.4. The molecular weight excluding hydrogens is 322 g/mol. The molecule has 0 saturated heterocycles. The van der Waals surface area contributed by atoms with Crippen LogP contribution in [0, 0.1) is 0 Å². The molecule has 0 amide bonds. The fourth-order valence-corrected chi connectivity index (χ4v) is 1.32. The molecule has 2 rings (SSSR count). The highest BCUT2D eigenvalue weighted by atomic mass is 32.1. The third-order valence-electron chi connectivity index (χ3n) is 2.21. The Hall–Kier alpha value is -2.38. The molecule has 7 heteroatoms. The highest BCUT2D eigenvalue weighted by Gasteiger charge is 2.12. The normalized spacial score (nSPS) is 8.95. The maximum Gasteiger partial charge on any atom is 0.386 e. The van der Waals surface area contributed by atoms with E-state index in [9.17, 15) is 9.59 Å². The van der Waals surface area contributed by atoms with Gasteiger partial charge in [-0.15, -0.1) is 12.6 Å². The molecule has 0 fully saturated rings. The summed E-state index contributed by atoms with van der Waals surface area (Å²) in [5.74, 6) is -1.42. The number of nitrogens with two attached hydrogens (primary N) is 1. The fourth-order valence-electron chi connectivity index (χ4n) is 1.32. The van der Waals surface area contributed by atoms with E-state index >= 15 is 0 Å². The minimum Gasteiger partial charge on any atom is -0.385 e. The number of rotatable bonds is 2. The molecule has 0 radical (unpaired) electrons. The Kier molecular flexibility index (Phi) is 7.66. The van der Waals surface area contributed by atoms with Crippen molar-refractivity contribution >= 4 is 41.1 Å². The second-order valence-electron chi connectivity index (χ2n) is 3.81. The van der Waals surface area contributed by atoms with Crippen molar-refractivity contribution < 1.29 is 19.4 Å². The molecule has 0 atom stereocenters. The predicted octanol–water partition coefficient (Wildman–Crippen LogP) is 2.78. The molecule has 0 aliphatic rings. The van der Waals surface area contributed by atoms with Gasteiger partial charge in [0.15, 0.2) is 0 Å². The van der Waals surface area contributed by atoms with Gasteiger partial charge in [-0.25, -0.2) is 19.4 Å². The first kappa shape index (κ1) is 17.7. The molecule has 0 aliphatic carbocycles. The summed E-state index contributed by atoms with van der Waals surface area (Å²) in [6.45, 7) is 0. The number of carbonyl (C=O) groups excluding carboxylic acids is 2. The first-order valence-corrected chi connectivity index (χ1v) is 6.88. The molecule has 5 nitrogen and oxygen atoms in total. The molecule has 0 aromatic heterocycles. The Bertz CT molecular complexity index is 577. The van der Waals surface area contributed by atoms with E-state index in [4.69, 9.17) is 5.73 Å². The van der Waals surface area contributed by atoms with Crippen molar-refractivity contribution in [1.82, 2.24) is 0 Å². The van der Waals surface area contributed by atoms with Crippen molar-refractivity contribution in [2.75, 3.05) is 0 Å². The molecule has 2 N–H and O–H groups in total. The molecule has 2 aromatic rings. The Labute approximate surface area is 138 Å². The van der Waals surface area contributed by atoms with E-state index in [0.29, 0.717) is 11.1 Å². The second kappa shape index (κ2) is 9.54. The standard InChI is InChI=1S/C14H10O4.CH3NS2/c15-13(11-7-3-1-4-8-11)17-18-14(16)12-9-5-2-6-10-12;2-1(3)4/h1-10H;(H3,2,3,4). The monoisotopic (exact) mass is 335 g/mol. The van der Waals surface area contributed by atoms with Gasteiger partial charge in [0.2, 0.25) is 0 Å². The molecular formula is C15H13NO4S2. The summed E-state index contributed by atoms with van der Waals surface area (Å²) in [6, 6.07) is 16.6. The van der Waals surface area contributed by atoms with Crippen LogP contribution in [0.5, 0.6) is 0 Å². The average Bonchev–Trinajstić information content (AvgIpc) is 2.53. The lowest BCUT2D eigenvalue weighted by molar-refractivity contribution is -0.187. The summed E-state index contributed by atoms with van der Waals surface area (Å²) in [7, 11) is 0. The molecule has 0 saturated carbocycles. The minimum absolute atomic E-state index is 0.194. The van der Waals surface area contributed by atoms with Gasteiger partial charge in [-0.2, -0.15) is 0 Å². The van der Waals surface area contributed by atoms with Crippen LogP contribution >= 0.6 is 24.8 Å². The van der Waals surface area contributed by atoms with Crippen LogP contribution in [-0.4, -0.2) is 16.3 Å². The van der Waals surface area contributed by atoms with Crippen LogP contribution in [0.25, 0.3) is 0 Å². The lowest BCUT2D eigenvalue weighted by atomic mass is 10.2. The zero-order valence-electron chi connectivity index (χ0n) is 11.3. The van der Waals surface area contributed by atoms with Crippen molar-refractivity contribution in [1.29, 1.82) is 0 Å². The van der Waals surface area contributed by atoms with Gasteiger partial charge in [0.05, 0.1) is 11.1 Å². The van der Waals surface area contributed by atoms with Gasteiger partial charge < -0.3 is 5.73 Å². The van der Waals surface area contributed by atoms with Crippen LogP contribution in [0.2, 0.25) is 0 Å². The molecule has 22 heavy (non-hydrogen) atoms. The van der Waals surface area contributed by atoms with Crippen molar-refractivity contribution in [2.24, 2.45) is 5.73 Å². The maximum atomic E-state index is 11.5. The lowest BCUT2D eigenvalue weighted by Crippen LogP contribution is -2.11. The quantitative estimate of drug-likeness (QED) is 0.380. The van der Waals surface area contributed by atoms with Crippen LogP contribution in [0.3, 0.4) is 0 Å². The van der Waals surface area contributed by atoms with Crippen molar-refractivity contribution in [2.45, 2.75) is 0 Å². The summed E-state index contributed by atoms with van der Waals surface area (Å²) in [5.41, 5.74) is 5.34. The van der Waals surface area contributed by atoms with E-state index in [2.05, 4.69) is 34.6 Å². The van der Waals surface area contributed by atoms with Crippen LogP contribution < -0.4 is 5.73 Å². The largest absolute Gasteiger partial charge is 0.386 e. The van der Waals surface area contributed by atoms with E-state index in [1.165, 1.54) is 0 Å². The van der Waals surface area contributed by atoms with Crippen LogP contribution in [0.1, 0.15) is 20.7 Å². The van der Waals surface area contributed by atoms with Gasteiger partial charge in [-0.3, -0.25) is 0 Å². The van der Waals surface area contributed by atoms with Gasteiger partial charge in [-0.1, -0.05) is 48.6 Å². The first-order valence-electron chi connectivity index (χ1n) is 6.02. The minimum atomic E-state index is -0.708. The Morgan fingerprint density at radius 1 is 0.818 bits per heavy atom. The molecule has 114 valence electrons. The third kappa shape index (κ3) is 6.87. The Balaban J connectivity index is 0.000000541. The number of thiol groups is 1. The molecule has 0 spiro atoms. The lowest BCUT2D eigenvalue weighted by Gasteiger charge is -2.02. The Morgan fingerprint density at radius 2 is 1.09 bits per heavy atom. The van der Waals surface area contributed by atoms with Gasteiger partial charge in [0.1, 0.15) is 4.32 Å². The summed E-state index contributed by atoms with van der Waals surface area (Å²) in [4.78, 5) is 31.9. The summed E-state index contributed by atoms with van der Waals surface area (Å²) in [6.07, 6.45) is 0. The number of benzene rings is 2. The van der Waals surface area contributed by atoms with E-state index in [1.807, 2.05) is 0 Å². The van der Waals surface area contributed by atoms with Gasteiger partial charge in [0, 0.05) is 0 Å². The van der Waals surface area contributed by atoms with Crippen molar-refractivity contribution in [3.8, 4) is 0 Å². The topological polar surface area (TPSA) is 78.6 Å². The smallest absolute Gasteiger partial charge is 0.385 e. The zero-order valence-corrected chi connectivity index (χ0v) is 13.1. The van der Waals surface area contributed by atoms with Gasteiger partial charge >= 0.3 is 11.9 Å². The highest BCUT2D eigenvalue weighted by molar-refractivity contribution is 8.10. The summed E-state index contributed by atoms with van der Waals surface area (Å²) >= 11 is 7.65. The number of hydrogen-bond acceptors (Lipinski definition) is 5. The Morgan fingerprint density at radius 3 is 1.36 bits per heavy atom. The van der Waals surface area contributed by atoms with Crippen molar-refractivity contribution in [3.63, 3.8) is 0 Å². The van der Waals surface area contributed by atoms with Crippen molar-refractivity contribution in [3.05, 3.63) is 71.8 Å². The molecule has 0 bridgehead atoms. The second-order valence-corrected chi connectivity index (χ2v) is 5.04. The van der Waals surface area contributed by atoms with E-state index in [-0.39, 0.29) is 4.32 Å². The highest BCUT2D eigenvalue weighted by Crippen LogP contribution is 2.05. The SMILES string of the molecule is NC(=S)S.O=C(OOC(=O)c1ccccc1)c1ccccc1. The molecule has 0 heterocycles. The van der Waals surface area contributed by atoms with Crippen LogP contribution in [0.4, 0.5) is 0 Å². The van der Waals surface area contributed by atoms with Crippen LogP contribution in [0.15, 0.2) is 60.7 Å². The van der Waals surface area contributed by atoms with Gasteiger partial charge in [0.25, 0.3) is 0 Å². The number of hydrogen-bond donors (Lipinski definition) is 2. The molecule has 2 aromatic carbocycles. The van der Waals surface area contributed by atoms with E-state index in [1.54, 1.807) is 60.7 Å². The first-order chi connectivity index (χ1) is 10.5.